The summed E-state index contributed by atoms with van der Waals surface area (Å²) in [5, 5.41) is 6.61. The van der Waals surface area contributed by atoms with E-state index in [4.69, 9.17) is 4.74 Å². The second-order valence-electron chi connectivity index (χ2n) is 6.48. The van der Waals surface area contributed by atoms with E-state index in [1.807, 2.05) is 72.8 Å². The highest BCUT2D eigenvalue weighted by Crippen LogP contribution is 2.37. The van der Waals surface area contributed by atoms with Crippen LogP contribution in [0.25, 0.3) is 21.3 Å². The zero-order chi connectivity index (χ0) is 19.5. The summed E-state index contributed by atoms with van der Waals surface area (Å²) in [6.45, 7) is 0. The fourth-order valence-electron chi connectivity index (χ4n) is 3.17. The van der Waals surface area contributed by atoms with Crippen LogP contribution in [0.3, 0.4) is 0 Å². The van der Waals surface area contributed by atoms with E-state index in [1.54, 1.807) is 17.7 Å². The predicted octanol–water partition coefficient (Wildman–Crippen LogP) is 7.32. The van der Waals surface area contributed by atoms with E-state index in [9.17, 15) is 0 Å². The highest BCUT2D eigenvalue weighted by atomic mass is 35.5. The van der Waals surface area contributed by atoms with E-state index in [1.165, 1.54) is 0 Å². The van der Waals surface area contributed by atoms with Gasteiger partial charge in [0.05, 0.1) is 5.39 Å². The highest BCUT2D eigenvalue weighted by Gasteiger charge is 2.13. The van der Waals surface area contributed by atoms with Gasteiger partial charge >= 0.3 is 0 Å². The summed E-state index contributed by atoms with van der Waals surface area (Å²) < 4.78 is 5.87. The number of halogens is 1. The van der Waals surface area contributed by atoms with Gasteiger partial charge in [0.1, 0.15) is 28.5 Å². The molecule has 0 radical (unpaired) electrons. The molecule has 5 aromatic rings. The van der Waals surface area contributed by atoms with Gasteiger partial charge in [-0.3, -0.25) is 0 Å². The molecule has 4 nitrogen and oxygen atoms in total. The van der Waals surface area contributed by atoms with Crippen molar-refractivity contribution < 1.29 is 4.74 Å². The summed E-state index contributed by atoms with van der Waals surface area (Å²) in [7, 11) is 0. The SMILES string of the molecule is Cl.c1ccc(Oc2ccc(Nc3ncnc4scc(-c5ccccc5)c34)cc2)cc1. The molecule has 0 atom stereocenters. The lowest BCUT2D eigenvalue weighted by molar-refractivity contribution is 0.483. The number of ether oxygens (including phenoxy) is 1. The van der Waals surface area contributed by atoms with E-state index >= 15 is 0 Å². The van der Waals surface area contributed by atoms with Crippen LogP contribution in [0.5, 0.6) is 11.5 Å². The van der Waals surface area contributed by atoms with Crippen LogP contribution in [-0.2, 0) is 0 Å². The minimum Gasteiger partial charge on any atom is -0.457 e. The van der Waals surface area contributed by atoms with Crippen LogP contribution in [0.2, 0.25) is 0 Å². The predicted molar refractivity (Wildman–Crippen MR) is 126 cm³/mol. The van der Waals surface area contributed by atoms with Crippen LogP contribution in [0, 0.1) is 0 Å². The molecular formula is C24H18ClN3OS. The van der Waals surface area contributed by atoms with E-state index in [2.05, 4.69) is 32.8 Å². The Morgan fingerprint density at radius 3 is 2.13 bits per heavy atom. The lowest BCUT2D eigenvalue weighted by atomic mass is 10.1. The number of hydrogen-bond donors (Lipinski definition) is 1. The van der Waals surface area contributed by atoms with Crippen molar-refractivity contribution in [3.63, 3.8) is 0 Å². The van der Waals surface area contributed by atoms with Gasteiger partial charge in [0, 0.05) is 16.6 Å². The van der Waals surface area contributed by atoms with Gasteiger partial charge in [-0.1, -0.05) is 48.5 Å². The number of nitrogens with zero attached hydrogens (tertiary/aromatic N) is 2. The Hall–Kier alpha value is -3.41. The lowest BCUT2D eigenvalue weighted by Crippen LogP contribution is -1.95. The first-order valence-electron chi connectivity index (χ1n) is 9.24. The van der Waals surface area contributed by atoms with Gasteiger partial charge in [-0.05, 0) is 42.0 Å². The molecule has 5 rings (SSSR count). The topological polar surface area (TPSA) is 47.0 Å². The van der Waals surface area contributed by atoms with E-state index in [0.29, 0.717) is 0 Å². The molecule has 2 aromatic heterocycles. The summed E-state index contributed by atoms with van der Waals surface area (Å²) in [6, 6.07) is 27.9. The van der Waals surface area contributed by atoms with Gasteiger partial charge < -0.3 is 10.1 Å². The molecule has 0 fully saturated rings. The maximum absolute atomic E-state index is 5.87. The summed E-state index contributed by atoms with van der Waals surface area (Å²) in [5.41, 5.74) is 3.23. The third-order valence-electron chi connectivity index (χ3n) is 4.55. The molecular weight excluding hydrogens is 414 g/mol. The number of hydrogen-bond acceptors (Lipinski definition) is 5. The maximum Gasteiger partial charge on any atom is 0.143 e. The van der Waals surface area contributed by atoms with Crippen LogP contribution in [-0.4, -0.2) is 9.97 Å². The summed E-state index contributed by atoms with van der Waals surface area (Å²) in [6.07, 6.45) is 1.60. The monoisotopic (exact) mass is 431 g/mol. The minimum atomic E-state index is 0. The second-order valence-corrected chi connectivity index (χ2v) is 7.34. The lowest BCUT2D eigenvalue weighted by Gasteiger charge is -2.10. The van der Waals surface area contributed by atoms with Crippen molar-refractivity contribution in [3.05, 3.63) is 96.6 Å². The van der Waals surface area contributed by atoms with Gasteiger partial charge in [0.15, 0.2) is 0 Å². The molecule has 0 aliphatic rings. The van der Waals surface area contributed by atoms with Crippen molar-refractivity contribution >= 4 is 45.5 Å². The van der Waals surface area contributed by atoms with Crippen LogP contribution < -0.4 is 10.1 Å². The molecule has 2 heterocycles. The van der Waals surface area contributed by atoms with Crippen LogP contribution in [0.15, 0.2) is 96.6 Å². The van der Waals surface area contributed by atoms with Crippen molar-refractivity contribution in [3.8, 4) is 22.6 Å². The van der Waals surface area contributed by atoms with Crippen molar-refractivity contribution in [1.29, 1.82) is 0 Å². The summed E-state index contributed by atoms with van der Waals surface area (Å²) in [4.78, 5) is 9.91. The Balaban J connectivity index is 0.00000218. The molecule has 6 heteroatoms. The molecule has 148 valence electrons. The number of thiophene rings is 1. The van der Waals surface area contributed by atoms with Crippen LogP contribution >= 0.6 is 23.7 Å². The third-order valence-corrected chi connectivity index (χ3v) is 5.44. The number of para-hydroxylation sites is 1. The minimum absolute atomic E-state index is 0. The van der Waals surface area contributed by atoms with Crippen LogP contribution in [0.1, 0.15) is 0 Å². The fourth-order valence-corrected chi connectivity index (χ4v) is 4.08. The van der Waals surface area contributed by atoms with Crippen molar-refractivity contribution in [2.45, 2.75) is 0 Å². The average molecular weight is 432 g/mol. The largest absolute Gasteiger partial charge is 0.457 e. The Labute approximate surface area is 184 Å². The Morgan fingerprint density at radius 2 is 1.40 bits per heavy atom. The van der Waals surface area contributed by atoms with E-state index in [0.717, 1.165) is 44.3 Å². The molecule has 0 aliphatic carbocycles. The van der Waals surface area contributed by atoms with Gasteiger partial charge in [-0.15, -0.1) is 23.7 Å². The third kappa shape index (κ3) is 4.13. The first kappa shape index (κ1) is 19.9. The molecule has 3 aromatic carbocycles. The fraction of sp³-hybridized carbons (Fsp3) is 0. The zero-order valence-corrected chi connectivity index (χ0v) is 17.5. The number of anilines is 2. The van der Waals surface area contributed by atoms with Crippen molar-refractivity contribution in [2.75, 3.05) is 5.32 Å². The van der Waals surface area contributed by atoms with E-state index < -0.39 is 0 Å². The van der Waals surface area contributed by atoms with Crippen LogP contribution in [0.4, 0.5) is 11.5 Å². The first-order valence-corrected chi connectivity index (χ1v) is 10.1. The standard InChI is InChI=1S/C24H17N3OS.ClH/c1-3-7-17(8-4-1)21-15-29-24-22(21)23(25-16-26-24)27-18-11-13-20(14-12-18)28-19-9-5-2-6-10-19;/h1-16H,(H,25,26,27);1H. The Kier molecular flexibility index (Phi) is 5.93. The number of fused-ring (bicyclic) bond motifs is 1. The van der Waals surface area contributed by atoms with Gasteiger partial charge in [0.25, 0.3) is 0 Å². The maximum atomic E-state index is 5.87. The Morgan fingerprint density at radius 1 is 0.733 bits per heavy atom. The van der Waals surface area contributed by atoms with Gasteiger partial charge in [-0.25, -0.2) is 9.97 Å². The first-order chi connectivity index (χ1) is 14.4. The zero-order valence-electron chi connectivity index (χ0n) is 15.9. The van der Waals surface area contributed by atoms with Crippen molar-refractivity contribution in [2.24, 2.45) is 0 Å². The number of benzene rings is 3. The molecule has 30 heavy (non-hydrogen) atoms. The highest BCUT2D eigenvalue weighted by molar-refractivity contribution is 7.17. The molecule has 0 aliphatic heterocycles. The summed E-state index contributed by atoms with van der Waals surface area (Å²) >= 11 is 1.63. The van der Waals surface area contributed by atoms with E-state index in [-0.39, 0.29) is 12.4 Å². The number of nitrogens with one attached hydrogen (secondary N) is 1. The van der Waals surface area contributed by atoms with Crippen molar-refractivity contribution in [1.82, 2.24) is 9.97 Å². The van der Waals surface area contributed by atoms with Gasteiger partial charge in [0.2, 0.25) is 0 Å². The molecule has 0 bridgehead atoms. The normalized spacial score (nSPS) is 10.4. The number of aromatic nitrogens is 2. The summed E-state index contributed by atoms with van der Waals surface area (Å²) in [5.74, 6) is 2.40. The second kappa shape index (κ2) is 8.95. The average Bonchev–Trinajstić information content (AvgIpc) is 3.22. The molecule has 1 N–H and O–H groups in total. The smallest absolute Gasteiger partial charge is 0.143 e. The molecule has 0 amide bonds. The molecule has 0 unspecified atom stereocenters. The van der Waals surface area contributed by atoms with Gasteiger partial charge in [-0.2, -0.15) is 0 Å². The molecule has 0 spiro atoms. The Bertz CT molecular complexity index is 1240. The quantitative estimate of drug-likeness (QED) is 0.316. The molecule has 0 saturated carbocycles. The molecule has 0 saturated heterocycles. The number of rotatable bonds is 5.